The molecule has 11 aromatic rings. The monoisotopic (exact) mass is 711 g/mol. The van der Waals surface area contributed by atoms with Gasteiger partial charge in [0, 0.05) is 39.5 Å². The molecule has 0 N–H and O–H groups in total. The van der Waals surface area contributed by atoms with Crippen LogP contribution in [0.2, 0.25) is 0 Å². The molecule has 0 aliphatic rings. The summed E-state index contributed by atoms with van der Waals surface area (Å²) in [6.45, 7) is 7.44. The summed E-state index contributed by atoms with van der Waals surface area (Å²) in [6.07, 6.45) is 3.65. The molecule has 0 saturated carbocycles. The number of aromatic nitrogens is 4. The standard InChI is InChI=1S/C51H29N5/c1-52-39-22-20-37-28-38-29-45(44-9-5-27-54-51(44)50(38)56-47(37)30-39)33-12-10-31(11-13-33)40-23-24-41(43-8-3-2-7-42(40)43)32-14-16-34(17-15-32)46-25-21-36-19-18-35-6-4-26-53-48(35)49(36)55-46/h2-30H. The quantitative estimate of drug-likeness (QED) is 0.104. The van der Waals surface area contributed by atoms with E-state index in [1.54, 1.807) is 0 Å². The summed E-state index contributed by atoms with van der Waals surface area (Å²) in [4.78, 5) is 23.1. The van der Waals surface area contributed by atoms with Crippen LogP contribution in [-0.2, 0) is 0 Å². The topological polar surface area (TPSA) is 55.9 Å². The van der Waals surface area contributed by atoms with Crippen molar-refractivity contribution in [3.05, 3.63) is 188 Å². The molecule has 4 aromatic heterocycles. The summed E-state index contributed by atoms with van der Waals surface area (Å²) in [5, 5.41) is 7.65. The van der Waals surface area contributed by atoms with Crippen molar-refractivity contribution in [3.8, 4) is 44.6 Å². The van der Waals surface area contributed by atoms with E-state index in [1.807, 2.05) is 42.7 Å². The highest BCUT2D eigenvalue weighted by atomic mass is 14.8. The Morgan fingerprint density at radius 1 is 0.375 bits per heavy atom. The van der Waals surface area contributed by atoms with Gasteiger partial charge in [-0.3, -0.25) is 9.97 Å². The van der Waals surface area contributed by atoms with Crippen LogP contribution in [0.25, 0.3) is 115 Å². The largest absolute Gasteiger partial charge is 0.254 e. The summed E-state index contributed by atoms with van der Waals surface area (Å²) < 4.78 is 0. The van der Waals surface area contributed by atoms with E-state index in [9.17, 15) is 0 Å². The maximum Gasteiger partial charge on any atom is 0.189 e. The highest BCUT2D eigenvalue weighted by molar-refractivity contribution is 6.13. The number of rotatable bonds is 4. The molecule has 11 rings (SSSR count). The van der Waals surface area contributed by atoms with Gasteiger partial charge in [0.2, 0.25) is 0 Å². The van der Waals surface area contributed by atoms with Crippen LogP contribution >= 0.6 is 0 Å². The molecule has 0 amide bonds. The minimum Gasteiger partial charge on any atom is -0.254 e. The second kappa shape index (κ2) is 12.7. The van der Waals surface area contributed by atoms with Crippen LogP contribution in [0.15, 0.2) is 176 Å². The van der Waals surface area contributed by atoms with Crippen LogP contribution in [0.5, 0.6) is 0 Å². The normalized spacial score (nSPS) is 11.6. The molecule has 0 saturated heterocycles. The van der Waals surface area contributed by atoms with E-state index in [0.717, 1.165) is 88.0 Å². The molecule has 0 fully saturated rings. The van der Waals surface area contributed by atoms with Gasteiger partial charge in [-0.15, -0.1) is 0 Å². The average Bonchev–Trinajstić information content (AvgIpc) is 3.27. The van der Waals surface area contributed by atoms with Crippen LogP contribution in [0.4, 0.5) is 5.69 Å². The minimum absolute atomic E-state index is 0.581. The molecule has 56 heavy (non-hydrogen) atoms. The first-order valence-electron chi connectivity index (χ1n) is 18.6. The van der Waals surface area contributed by atoms with Gasteiger partial charge >= 0.3 is 0 Å². The molecular weight excluding hydrogens is 683 g/mol. The number of hydrogen-bond acceptors (Lipinski definition) is 4. The Kier molecular flexibility index (Phi) is 7.16. The zero-order valence-electron chi connectivity index (χ0n) is 30.0. The Hall–Kier alpha value is -7.81. The van der Waals surface area contributed by atoms with E-state index < -0.39 is 0 Å². The Morgan fingerprint density at radius 2 is 0.946 bits per heavy atom. The van der Waals surface area contributed by atoms with E-state index in [4.69, 9.17) is 21.5 Å². The fourth-order valence-corrected chi connectivity index (χ4v) is 8.16. The second-order valence-electron chi connectivity index (χ2n) is 14.1. The number of hydrogen-bond donors (Lipinski definition) is 0. The fourth-order valence-electron chi connectivity index (χ4n) is 8.16. The molecule has 0 bridgehead atoms. The lowest BCUT2D eigenvalue weighted by Crippen LogP contribution is -1.91. The van der Waals surface area contributed by atoms with E-state index in [0.29, 0.717) is 5.69 Å². The first-order valence-corrected chi connectivity index (χ1v) is 18.6. The summed E-state index contributed by atoms with van der Waals surface area (Å²) in [5.74, 6) is 0. The molecule has 0 aliphatic heterocycles. The lowest BCUT2D eigenvalue weighted by molar-refractivity contribution is 1.37. The van der Waals surface area contributed by atoms with Crippen molar-refractivity contribution in [1.29, 1.82) is 0 Å². The zero-order valence-corrected chi connectivity index (χ0v) is 30.0. The number of nitrogens with zero attached hydrogens (tertiary/aromatic N) is 5. The number of pyridine rings is 4. The maximum atomic E-state index is 7.44. The third-order valence-electron chi connectivity index (χ3n) is 10.9. The first kappa shape index (κ1) is 31.7. The maximum absolute atomic E-state index is 7.44. The van der Waals surface area contributed by atoms with Crippen molar-refractivity contribution >= 4 is 71.0 Å². The van der Waals surface area contributed by atoms with Gasteiger partial charge in [-0.1, -0.05) is 127 Å². The molecule has 5 heteroatoms. The molecule has 7 aromatic carbocycles. The predicted molar refractivity (Wildman–Crippen MR) is 231 cm³/mol. The van der Waals surface area contributed by atoms with Crippen molar-refractivity contribution < 1.29 is 0 Å². The lowest BCUT2D eigenvalue weighted by Gasteiger charge is -2.14. The van der Waals surface area contributed by atoms with Gasteiger partial charge in [0.25, 0.3) is 0 Å². The van der Waals surface area contributed by atoms with Crippen molar-refractivity contribution in [1.82, 2.24) is 19.9 Å². The summed E-state index contributed by atoms with van der Waals surface area (Å²) in [7, 11) is 0. The third kappa shape index (κ3) is 5.16. The van der Waals surface area contributed by atoms with Gasteiger partial charge < -0.3 is 0 Å². The highest BCUT2D eigenvalue weighted by Crippen LogP contribution is 2.39. The summed E-state index contributed by atoms with van der Waals surface area (Å²) >= 11 is 0. The van der Waals surface area contributed by atoms with Crippen LogP contribution in [0.3, 0.4) is 0 Å². The van der Waals surface area contributed by atoms with Crippen molar-refractivity contribution in [2.75, 3.05) is 0 Å². The minimum atomic E-state index is 0.581. The van der Waals surface area contributed by atoms with Crippen molar-refractivity contribution in [3.63, 3.8) is 0 Å². The summed E-state index contributed by atoms with van der Waals surface area (Å²) in [5.41, 5.74) is 13.8. The Labute approximate surface area is 322 Å². The van der Waals surface area contributed by atoms with Gasteiger partial charge in [0.05, 0.1) is 39.8 Å². The van der Waals surface area contributed by atoms with Gasteiger partial charge in [-0.25, -0.2) is 14.8 Å². The average molecular weight is 712 g/mol. The van der Waals surface area contributed by atoms with E-state index in [1.165, 1.54) is 21.9 Å². The van der Waals surface area contributed by atoms with Crippen molar-refractivity contribution in [2.24, 2.45) is 0 Å². The number of fused-ring (bicyclic) bond motifs is 8. The number of benzene rings is 7. The highest BCUT2D eigenvalue weighted by Gasteiger charge is 2.15. The molecule has 4 heterocycles. The molecular formula is C51H29N5. The molecule has 5 nitrogen and oxygen atoms in total. The van der Waals surface area contributed by atoms with Crippen LogP contribution in [0.1, 0.15) is 0 Å². The predicted octanol–water partition coefficient (Wildman–Crippen LogP) is 13.4. The Bertz CT molecular complexity index is 3420. The van der Waals surface area contributed by atoms with Gasteiger partial charge in [-0.05, 0) is 85.9 Å². The SMILES string of the molecule is [C-]#[N+]c1ccc2cc3cc(-c4ccc(-c5ccc(-c6ccc(-c7ccc8ccc9cccnc9c8n7)cc6)c6ccccc56)cc4)c4cccnc4c3nc2c1. The van der Waals surface area contributed by atoms with E-state index >= 15 is 0 Å². The fraction of sp³-hybridized carbons (Fsp3) is 0. The van der Waals surface area contributed by atoms with E-state index in [2.05, 4.69) is 143 Å². The van der Waals surface area contributed by atoms with Gasteiger partial charge in [0.1, 0.15) is 0 Å². The molecule has 258 valence electrons. The van der Waals surface area contributed by atoms with Crippen molar-refractivity contribution in [2.45, 2.75) is 0 Å². The molecule has 0 aliphatic carbocycles. The summed E-state index contributed by atoms with van der Waals surface area (Å²) in [6, 6.07) is 57.3. The Morgan fingerprint density at radius 3 is 1.66 bits per heavy atom. The second-order valence-corrected chi connectivity index (χ2v) is 14.1. The smallest absolute Gasteiger partial charge is 0.189 e. The lowest BCUT2D eigenvalue weighted by atomic mass is 9.90. The van der Waals surface area contributed by atoms with Crippen LogP contribution in [0, 0.1) is 6.57 Å². The van der Waals surface area contributed by atoms with Gasteiger partial charge in [-0.2, -0.15) is 0 Å². The molecule has 0 unspecified atom stereocenters. The first-order chi connectivity index (χ1) is 27.7. The third-order valence-corrected chi connectivity index (χ3v) is 10.9. The molecule has 0 spiro atoms. The van der Waals surface area contributed by atoms with Crippen LogP contribution in [-0.4, -0.2) is 19.9 Å². The van der Waals surface area contributed by atoms with Crippen LogP contribution < -0.4 is 0 Å². The van der Waals surface area contributed by atoms with Gasteiger partial charge in [0.15, 0.2) is 5.69 Å². The van der Waals surface area contributed by atoms with E-state index in [-0.39, 0.29) is 0 Å². The molecule has 0 radical (unpaired) electrons. The molecule has 0 atom stereocenters. The zero-order chi connectivity index (χ0) is 37.2. The Balaban J connectivity index is 0.948.